The summed E-state index contributed by atoms with van der Waals surface area (Å²) in [6.07, 6.45) is 11.1. The van der Waals surface area contributed by atoms with Gasteiger partial charge in [-0.3, -0.25) is 4.68 Å². The minimum Gasteiger partial charge on any atom is -0.303 e. The summed E-state index contributed by atoms with van der Waals surface area (Å²) in [5.41, 5.74) is 2.49. The van der Waals surface area contributed by atoms with Crippen molar-refractivity contribution in [2.45, 2.75) is 70.5 Å². The first-order valence-corrected chi connectivity index (χ1v) is 9.35. The van der Waals surface area contributed by atoms with E-state index in [0.29, 0.717) is 12.1 Å². The Hall–Kier alpha value is -1.20. The first-order chi connectivity index (χ1) is 10.8. The highest BCUT2D eigenvalue weighted by Crippen LogP contribution is 2.34. The molecule has 2 aliphatic rings. The first kappa shape index (κ1) is 14.4. The van der Waals surface area contributed by atoms with E-state index in [4.69, 9.17) is 5.10 Å². The maximum Gasteiger partial charge on any atom is 0.0900 e. The third kappa shape index (κ3) is 2.84. The summed E-state index contributed by atoms with van der Waals surface area (Å²) in [6.45, 7) is 2.98. The quantitative estimate of drug-likeness (QED) is 0.929. The van der Waals surface area contributed by atoms with Crippen LogP contribution in [0.5, 0.6) is 0 Å². The van der Waals surface area contributed by atoms with Crippen molar-refractivity contribution in [3.63, 3.8) is 0 Å². The van der Waals surface area contributed by atoms with Crippen molar-refractivity contribution in [3.05, 3.63) is 33.5 Å². The lowest BCUT2D eigenvalue weighted by molar-refractivity contribution is 0.442. The van der Waals surface area contributed by atoms with E-state index in [1.807, 2.05) is 11.3 Å². The standard InChI is InChI=1S/C17H24N4S/c1-12-19-16-8-4-7-15(17(16)22-12)18-11-13-9-10-21(20-13)14-5-2-3-6-14/h9-10,14-15,18H,2-8,11H2,1H3/t15-/m1/s1. The van der Waals surface area contributed by atoms with Crippen LogP contribution in [0.3, 0.4) is 0 Å². The van der Waals surface area contributed by atoms with Crippen molar-refractivity contribution >= 4 is 11.3 Å². The van der Waals surface area contributed by atoms with Gasteiger partial charge in [0, 0.05) is 23.7 Å². The summed E-state index contributed by atoms with van der Waals surface area (Å²) >= 11 is 1.86. The van der Waals surface area contributed by atoms with Crippen LogP contribution in [0.4, 0.5) is 0 Å². The molecule has 0 saturated heterocycles. The summed E-state index contributed by atoms with van der Waals surface area (Å²) in [5.74, 6) is 0. The van der Waals surface area contributed by atoms with Crippen LogP contribution in [0.25, 0.3) is 0 Å². The lowest BCUT2D eigenvalue weighted by atomic mass is 9.98. The number of aryl methyl sites for hydroxylation is 2. The van der Waals surface area contributed by atoms with Gasteiger partial charge >= 0.3 is 0 Å². The fourth-order valence-corrected chi connectivity index (χ4v) is 4.89. The van der Waals surface area contributed by atoms with Crippen LogP contribution in [0.1, 0.15) is 71.9 Å². The van der Waals surface area contributed by atoms with Gasteiger partial charge in [-0.2, -0.15) is 5.10 Å². The predicted molar refractivity (Wildman–Crippen MR) is 89.1 cm³/mol. The zero-order valence-electron chi connectivity index (χ0n) is 13.2. The number of thiazole rings is 1. The molecule has 0 amide bonds. The van der Waals surface area contributed by atoms with Gasteiger partial charge in [-0.05, 0) is 45.1 Å². The average molecular weight is 316 g/mol. The van der Waals surface area contributed by atoms with E-state index < -0.39 is 0 Å². The lowest BCUT2D eigenvalue weighted by Gasteiger charge is -2.22. The monoisotopic (exact) mass is 316 g/mol. The Morgan fingerprint density at radius 2 is 2.14 bits per heavy atom. The van der Waals surface area contributed by atoms with Gasteiger partial charge in [0.1, 0.15) is 0 Å². The second kappa shape index (κ2) is 6.13. The number of nitrogens with one attached hydrogen (secondary N) is 1. The van der Waals surface area contributed by atoms with Crippen molar-refractivity contribution in [1.29, 1.82) is 0 Å². The van der Waals surface area contributed by atoms with Crippen LogP contribution in [-0.4, -0.2) is 14.8 Å². The van der Waals surface area contributed by atoms with Crippen LogP contribution >= 0.6 is 11.3 Å². The van der Waals surface area contributed by atoms with Crippen LogP contribution in [0.15, 0.2) is 12.3 Å². The van der Waals surface area contributed by atoms with E-state index >= 15 is 0 Å². The number of hydrogen-bond donors (Lipinski definition) is 1. The molecular weight excluding hydrogens is 292 g/mol. The molecule has 1 fully saturated rings. The highest BCUT2D eigenvalue weighted by atomic mass is 32.1. The molecule has 2 aromatic rings. The van der Waals surface area contributed by atoms with Crippen LogP contribution < -0.4 is 5.32 Å². The van der Waals surface area contributed by atoms with Gasteiger partial charge in [0.15, 0.2) is 0 Å². The third-order valence-electron chi connectivity index (χ3n) is 4.95. The number of rotatable bonds is 4. The smallest absolute Gasteiger partial charge is 0.0900 e. The van der Waals surface area contributed by atoms with Crippen molar-refractivity contribution in [1.82, 2.24) is 20.1 Å². The van der Waals surface area contributed by atoms with Gasteiger partial charge in [-0.25, -0.2) is 4.98 Å². The maximum atomic E-state index is 4.78. The van der Waals surface area contributed by atoms with Crippen molar-refractivity contribution in [2.75, 3.05) is 0 Å². The molecule has 1 atom stereocenters. The largest absolute Gasteiger partial charge is 0.303 e. The maximum absolute atomic E-state index is 4.78. The summed E-state index contributed by atoms with van der Waals surface area (Å²) in [7, 11) is 0. The number of fused-ring (bicyclic) bond motifs is 1. The molecule has 0 aliphatic heterocycles. The summed E-state index contributed by atoms with van der Waals surface area (Å²) in [5, 5.41) is 9.68. The summed E-state index contributed by atoms with van der Waals surface area (Å²) in [4.78, 5) is 6.13. The average Bonchev–Trinajstić information content (AvgIpc) is 3.24. The Morgan fingerprint density at radius 1 is 1.27 bits per heavy atom. The number of aromatic nitrogens is 3. The lowest BCUT2D eigenvalue weighted by Crippen LogP contribution is -2.24. The second-order valence-electron chi connectivity index (χ2n) is 6.59. The highest BCUT2D eigenvalue weighted by Gasteiger charge is 2.24. The van der Waals surface area contributed by atoms with Crippen LogP contribution in [0, 0.1) is 6.92 Å². The van der Waals surface area contributed by atoms with Gasteiger partial charge in [0.25, 0.3) is 0 Å². The fourth-order valence-electron chi connectivity index (χ4n) is 3.81. The Morgan fingerprint density at radius 3 is 3.00 bits per heavy atom. The molecule has 4 rings (SSSR count). The van der Waals surface area contributed by atoms with E-state index in [2.05, 4.69) is 34.2 Å². The molecule has 0 radical (unpaired) electrons. The van der Waals surface area contributed by atoms with Gasteiger partial charge < -0.3 is 5.32 Å². The van der Waals surface area contributed by atoms with E-state index in [0.717, 1.165) is 13.0 Å². The molecule has 118 valence electrons. The minimum atomic E-state index is 0.464. The zero-order chi connectivity index (χ0) is 14.9. The Labute approximate surface area is 136 Å². The minimum absolute atomic E-state index is 0.464. The molecule has 4 nitrogen and oxygen atoms in total. The SMILES string of the molecule is Cc1nc2c(s1)[C@H](NCc1ccn(C3CCCC3)n1)CCC2. The van der Waals surface area contributed by atoms with E-state index in [-0.39, 0.29) is 0 Å². The molecule has 0 unspecified atom stereocenters. The molecule has 0 bridgehead atoms. The molecule has 22 heavy (non-hydrogen) atoms. The molecule has 0 aromatic carbocycles. The Kier molecular flexibility index (Phi) is 4.01. The molecule has 1 saturated carbocycles. The Balaban J connectivity index is 1.41. The molecule has 2 heterocycles. The van der Waals surface area contributed by atoms with Gasteiger partial charge in [-0.15, -0.1) is 11.3 Å². The van der Waals surface area contributed by atoms with Gasteiger partial charge in [-0.1, -0.05) is 12.8 Å². The summed E-state index contributed by atoms with van der Waals surface area (Å²) in [6, 6.07) is 3.28. The molecule has 2 aliphatic carbocycles. The van der Waals surface area contributed by atoms with E-state index in [9.17, 15) is 0 Å². The highest BCUT2D eigenvalue weighted by molar-refractivity contribution is 7.11. The predicted octanol–water partition coefficient (Wildman–Crippen LogP) is 3.93. The zero-order valence-corrected chi connectivity index (χ0v) is 14.0. The molecule has 2 aromatic heterocycles. The van der Waals surface area contributed by atoms with Crippen molar-refractivity contribution < 1.29 is 0 Å². The van der Waals surface area contributed by atoms with Crippen LogP contribution in [0.2, 0.25) is 0 Å². The van der Waals surface area contributed by atoms with Crippen LogP contribution in [-0.2, 0) is 13.0 Å². The topological polar surface area (TPSA) is 42.7 Å². The van der Waals surface area contributed by atoms with E-state index in [1.54, 1.807) is 0 Å². The van der Waals surface area contributed by atoms with Gasteiger partial charge in [0.05, 0.1) is 22.4 Å². The van der Waals surface area contributed by atoms with E-state index in [1.165, 1.54) is 59.8 Å². The second-order valence-corrected chi connectivity index (χ2v) is 7.83. The molecule has 5 heteroatoms. The fraction of sp³-hybridized carbons (Fsp3) is 0.647. The van der Waals surface area contributed by atoms with Crippen molar-refractivity contribution in [2.24, 2.45) is 0 Å². The normalized spacial score (nSPS) is 22.1. The molecule has 0 spiro atoms. The number of hydrogen-bond acceptors (Lipinski definition) is 4. The summed E-state index contributed by atoms with van der Waals surface area (Å²) < 4.78 is 2.19. The Bertz CT molecular complexity index is 639. The number of nitrogens with zero attached hydrogens (tertiary/aromatic N) is 3. The molecular formula is C17H24N4S. The third-order valence-corrected chi connectivity index (χ3v) is 6.08. The van der Waals surface area contributed by atoms with Crippen molar-refractivity contribution in [3.8, 4) is 0 Å². The van der Waals surface area contributed by atoms with Gasteiger partial charge in [0.2, 0.25) is 0 Å². The molecule has 1 N–H and O–H groups in total. The first-order valence-electron chi connectivity index (χ1n) is 8.53.